The zero-order chi connectivity index (χ0) is 18.2. The summed E-state index contributed by atoms with van der Waals surface area (Å²) in [5, 5.41) is 3.43. The summed E-state index contributed by atoms with van der Waals surface area (Å²) in [5.74, 6) is 0.00680. The highest BCUT2D eigenvalue weighted by Crippen LogP contribution is 2.22. The Kier molecular flexibility index (Phi) is 4.69. The molecule has 0 saturated carbocycles. The number of hydrogen-bond donors (Lipinski definition) is 1. The SMILES string of the molecule is C[C@@H]1CN[C@@H](CN2Cc3ccncc3C2=O)CN1C(=O)OC(C)(C)C. The Balaban J connectivity index is 1.63. The van der Waals surface area contributed by atoms with Crippen molar-refractivity contribution in [1.29, 1.82) is 0 Å². The first-order valence-electron chi connectivity index (χ1n) is 8.70. The molecule has 1 N–H and O–H groups in total. The zero-order valence-corrected chi connectivity index (χ0v) is 15.3. The average molecular weight is 346 g/mol. The molecule has 3 heterocycles. The van der Waals surface area contributed by atoms with E-state index in [0.29, 0.717) is 31.7 Å². The normalized spacial score (nSPS) is 23.6. The number of nitrogens with zero attached hydrogens (tertiary/aromatic N) is 3. The van der Waals surface area contributed by atoms with E-state index in [2.05, 4.69) is 10.3 Å². The van der Waals surface area contributed by atoms with Crippen molar-refractivity contribution in [3.63, 3.8) is 0 Å². The van der Waals surface area contributed by atoms with Gasteiger partial charge in [0.1, 0.15) is 5.60 Å². The Hall–Kier alpha value is -2.15. The highest BCUT2D eigenvalue weighted by atomic mass is 16.6. The summed E-state index contributed by atoms with van der Waals surface area (Å²) in [4.78, 5) is 32.5. The molecular weight excluding hydrogens is 320 g/mol. The predicted molar refractivity (Wildman–Crippen MR) is 93.2 cm³/mol. The summed E-state index contributed by atoms with van der Waals surface area (Å²) in [6.07, 6.45) is 3.04. The van der Waals surface area contributed by atoms with Crippen LogP contribution in [0.3, 0.4) is 0 Å². The molecule has 0 unspecified atom stereocenters. The first-order valence-corrected chi connectivity index (χ1v) is 8.70. The first kappa shape index (κ1) is 17.7. The molecule has 136 valence electrons. The lowest BCUT2D eigenvalue weighted by Crippen LogP contribution is -2.60. The maximum absolute atomic E-state index is 12.5. The topological polar surface area (TPSA) is 74.8 Å². The minimum absolute atomic E-state index is 0.00680. The van der Waals surface area contributed by atoms with E-state index in [1.54, 1.807) is 17.3 Å². The fourth-order valence-electron chi connectivity index (χ4n) is 3.24. The van der Waals surface area contributed by atoms with Gasteiger partial charge in [-0.15, -0.1) is 0 Å². The minimum Gasteiger partial charge on any atom is -0.444 e. The largest absolute Gasteiger partial charge is 0.444 e. The average Bonchev–Trinajstić information content (AvgIpc) is 2.84. The molecular formula is C18H26N4O3. The summed E-state index contributed by atoms with van der Waals surface area (Å²) >= 11 is 0. The Bertz CT molecular complexity index is 671. The highest BCUT2D eigenvalue weighted by Gasteiger charge is 2.35. The highest BCUT2D eigenvalue weighted by molar-refractivity contribution is 5.98. The van der Waals surface area contributed by atoms with E-state index in [0.717, 1.165) is 5.56 Å². The molecule has 1 aromatic heterocycles. The molecule has 0 aromatic carbocycles. The van der Waals surface area contributed by atoms with E-state index in [1.165, 1.54) is 0 Å². The lowest BCUT2D eigenvalue weighted by atomic mass is 10.1. The molecule has 25 heavy (non-hydrogen) atoms. The van der Waals surface area contributed by atoms with Gasteiger partial charge in [-0.2, -0.15) is 0 Å². The number of nitrogens with one attached hydrogen (secondary N) is 1. The van der Waals surface area contributed by atoms with Crippen molar-refractivity contribution in [1.82, 2.24) is 20.1 Å². The van der Waals surface area contributed by atoms with Crippen LogP contribution in [0.25, 0.3) is 0 Å². The number of fused-ring (bicyclic) bond motifs is 1. The first-order chi connectivity index (χ1) is 11.7. The second-order valence-corrected chi connectivity index (χ2v) is 7.81. The van der Waals surface area contributed by atoms with Gasteiger partial charge in [0.25, 0.3) is 5.91 Å². The molecule has 2 aliphatic rings. The van der Waals surface area contributed by atoms with Crippen LogP contribution in [-0.2, 0) is 11.3 Å². The standard InChI is InChI=1S/C18H26N4O3/c1-12-7-20-14(11-22(12)17(24)25-18(2,3)4)10-21-9-13-5-6-19-8-15(13)16(21)23/h5-6,8,12,14,20H,7,9-11H2,1-4H3/t12-,14+/m1/s1. The molecule has 7 heteroatoms. The van der Waals surface area contributed by atoms with Crippen molar-refractivity contribution in [2.24, 2.45) is 0 Å². The van der Waals surface area contributed by atoms with Gasteiger partial charge in [0.2, 0.25) is 0 Å². The summed E-state index contributed by atoms with van der Waals surface area (Å²) in [6, 6.07) is 1.97. The Morgan fingerprint density at radius 2 is 2.20 bits per heavy atom. The fraction of sp³-hybridized carbons (Fsp3) is 0.611. The zero-order valence-electron chi connectivity index (χ0n) is 15.3. The summed E-state index contributed by atoms with van der Waals surface area (Å²) in [5.41, 5.74) is 1.17. The molecule has 2 atom stereocenters. The van der Waals surface area contributed by atoms with Gasteiger partial charge >= 0.3 is 6.09 Å². The second kappa shape index (κ2) is 6.63. The molecule has 3 rings (SSSR count). The summed E-state index contributed by atoms with van der Waals surface area (Å²) < 4.78 is 5.51. The molecule has 1 aromatic rings. The number of piperazine rings is 1. The summed E-state index contributed by atoms with van der Waals surface area (Å²) in [7, 11) is 0. The lowest BCUT2D eigenvalue weighted by molar-refractivity contribution is 0.00817. The third-order valence-corrected chi connectivity index (χ3v) is 4.51. The van der Waals surface area contributed by atoms with E-state index in [4.69, 9.17) is 4.74 Å². The number of aromatic nitrogens is 1. The molecule has 0 aliphatic carbocycles. The summed E-state index contributed by atoms with van der Waals surface area (Å²) in [6.45, 7) is 9.94. The molecule has 7 nitrogen and oxygen atoms in total. The number of carbonyl (C=O) groups excluding carboxylic acids is 2. The van der Waals surface area contributed by atoms with Gasteiger partial charge < -0.3 is 19.9 Å². The Labute approximate surface area is 148 Å². The van der Waals surface area contributed by atoms with Crippen molar-refractivity contribution >= 4 is 12.0 Å². The van der Waals surface area contributed by atoms with Gasteiger partial charge in [-0.25, -0.2) is 4.79 Å². The molecule has 0 spiro atoms. The van der Waals surface area contributed by atoms with Crippen molar-refractivity contribution in [2.45, 2.75) is 51.9 Å². The molecule has 1 saturated heterocycles. The van der Waals surface area contributed by atoms with Crippen molar-refractivity contribution in [3.8, 4) is 0 Å². The number of carbonyl (C=O) groups is 2. The van der Waals surface area contributed by atoms with Crippen LogP contribution >= 0.6 is 0 Å². The molecule has 0 bridgehead atoms. The van der Waals surface area contributed by atoms with E-state index < -0.39 is 5.60 Å². The van der Waals surface area contributed by atoms with Gasteiger partial charge in [-0.3, -0.25) is 9.78 Å². The van der Waals surface area contributed by atoms with E-state index in [1.807, 2.05) is 38.7 Å². The van der Waals surface area contributed by atoms with Crippen LogP contribution in [0.15, 0.2) is 18.5 Å². The van der Waals surface area contributed by atoms with Crippen LogP contribution in [0.5, 0.6) is 0 Å². The van der Waals surface area contributed by atoms with E-state index in [-0.39, 0.29) is 24.1 Å². The van der Waals surface area contributed by atoms with Crippen molar-refractivity contribution in [2.75, 3.05) is 19.6 Å². The number of rotatable bonds is 2. The van der Waals surface area contributed by atoms with Gasteiger partial charge in [0, 0.05) is 50.7 Å². The van der Waals surface area contributed by atoms with Gasteiger partial charge in [0.05, 0.1) is 5.56 Å². The number of ether oxygens (including phenoxy) is 1. The maximum atomic E-state index is 12.5. The minimum atomic E-state index is -0.517. The van der Waals surface area contributed by atoms with Gasteiger partial charge in [0.15, 0.2) is 0 Å². The second-order valence-electron chi connectivity index (χ2n) is 7.81. The Morgan fingerprint density at radius 1 is 1.44 bits per heavy atom. The monoisotopic (exact) mass is 346 g/mol. The molecule has 2 amide bonds. The number of amides is 2. The van der Waals surface area contributed by atoms with Crippen molar-refractivity contribution in [3.05, 3.63) is 29.6 Å². The molecule has 2 aliphatic heterocycles. The van der Waals surface area contributed by atoms with Crippen LogP contribution in [-0.4, -0.2) is 64.1 Å². The van der Waals surface area contributed by atoms with Crippen molar-refractivity contribution < 1.29 is 14.3 Å². The predicted octanol–water partition coefficient (Wildman–Crippen LogP) is 1.63. The fourth-order valence-corrected chi connectivity index (χ4v) is 3.24. The molecule has 1 fully saturated rings. The third kappa shape index (κ3) is 3.92. The van der Waals surface area contributed by atoms with Crippen LogP contribution in [0, 0.1) is 0 Å². The Morgan fingerprint density at radius 3 is 2.88 bits per heavy atom. The quantitative estimate of drug-likeness (QED) is 0.881. The van der Waals surface area contributed by atoms with Crippen LogP contribution in [0.1, 0.15) is 43.6 Å². The number of hydrogen-bond acceptors (Lipinski definition) is 5. The van der Waals surface area contributed by atoms with Crippen LogP contribution in [0.4, 0.5) is 4.79 Å². The maximum Gasteiger partial charge on any atom is 0.410 e. The number of pyridine rings is 1. The van der Waals surface area contributed by atoms with E-state index in [9.17, 15) is 9.59 Å². The van der Waals surface area contributed by atoms with Crippen LogP contribution < -0.4 is 5.32 Å². The van der Waals surface area contributed by atoms with Crippen LogP contribution in [0.2, 0.25) is 0 Å². The third-order valence-electron chi connectivity index (χ3n) is 4.51. The van der Waals surface area contributed by atoms with E-state index >= 15 is 0 Å². The lowest BCUT2D eigenvalue weighted by Gasteiger charge is -2.40. The smallest absolute Gasteiger partial charge is 0.410 e. The molecule has 0 radical (unpaired) electrons. The van der Waals surface area contributed by atoms with Gasteiger partial charge in [-0.05, 0) is 39.3 Å². The van der Waals surface area contributed by atoms with Gasteiger partial charge in [-0.1, -0.05) is 0 Å².